The predicted octanol–water partition coefficient (Wildman–Crippen LogP) is -0.510. The average Bonchev–Trinajstić information content (AvgIpc) is 2.38. The molecule has 0 radical (unpaired) electrons. The molecule has 1 saturated heterocycles. The van der Waals surface area contributed by atoms with Crippen LogP contribution in [0, 0.1) is 0 Å². The summed E-state index contributed by atoms with van der Waals surface area (Å²) in [5.41, 5.74) is 0. The standard InChI is InChI=1S/C8H12N2O4/c1-3-14-4-5(2)10-7(12)6(11)9-8(10)13/h5H,3-4H2,1-2H3,(H,9,11,13). The first kappa shape index (κ1) is 10.6. The fourth-order valence-electron chi connectivity index (χ4n) is 1.18. The highest BCUT2D eigenvalue weighted by atomic mass is 16.5. The number of urea groups is 1. The summed E-state index contributed by atoms with van der Waals surface area (Å²) in [6.45, 7) is 4.19. The van der Waals surface area contributed by atoms with Crippen LogP contribution in [0.2, 0.25) is 0 Å². The van der Waals surface area contributed by atoms with E-state index in [1.54, 1.807) is 6.92 Å². The molecule has 1 N–H and O–H groups in total. The predicted molar refractivity (Wildman–Crippen MR) is 46.3 cm³/mol. The first-order valence-corrected chi connectivity index (χ1v) is 4.34. The smallest absolute Gasteiger partial charge is 0.331 e. The third kappa shape index (κ3) is 1.90. The molecule has 0 aromatic rings. The quantitative estimate of drug-likeness (QED) is 0.490. The van der Waals surface area contributed by atoms with E-state index >= 15 is 0 Å². The maximum atomic E-state index is 11.2. The molecule has 0 saturated carbocycles. The van der Waals surface area contributed by atoms with Gasteiger partial charge in [0, 0.05) is 6.61 Å². The minimum absolute atomic E-state index is 0.239. The normalized spacial score (nSPS) is 18.7. The van der Waals surface area contributed by atoms with Crippen LogP contribution in [-0.4, -0.2) is 42.0 Å². The highest BCUT2D eigenvalue weighted by Gasteiger charge is 2.39. The highest BCUT2D eigenvalue weighted by Crippen LogP contribution is 2.06. The van der Waals surface area contributed by atoms with E-state index in [1.165, 1.54) is 0 Å². The number of hydrogen-bond donors (Lipinski definition) is 1. The molecule has 1 heterocycles. The second kappa shape index (κ2) is 4.19. The van der Waals surface area contributed by atoms with Crippen LogP contribution in [0.5, 0.6) is 0 Å². The van der Waals surface area contributed by atoms with Crippen LogP contribution in [0.15, 0.2) is 0 Å². The van der Waals surface area contributed by atoms with Crippen molar-refractivity contribution in [3.8, 4) is 0 Å². The molecule has 1 unspecified atom stereocenters. The first-order valence-electron chi connectivity index (χ1n) is 4.34. The Morgan fingerprint density at radius 3 is 2.50 bits per heavy atom. The fraction of sp³-hybridized carbons (Fsp3) is 0.625. The number of amides is 4. The van der Waals surface area contributed by atoms with E-state index in [2.05, 4.69) is 0 Å². The lowest BCUT2D eigenvalue weighted by Gasteiger charge is -2.19. The summed E-state index contributed by atoms with van der Waals surface area (Å²) in [6, 6.07) is -1.10. The van der Waals surface area contributed by atoms with E-state index in [0.717, 1.165) is 4.90 Å². The molecular formula is C8H12N2O4. The lowest BCUT2D eigenvalue weighted by atomic mass is 10.3. The van der Waals surface area contributed by atoms with E-state index in [1.807, 2.05) is 12.2 Å². The van der Waals surface area contributed by atoms with Crippen LogP contribution in [0.25, 0.3) is 0 Å². The van der Waals surface area contributed by atoms with Crippen LogP contribution in [0.3, 0.4) is 0 Å². The Labute approximate surface area is 81.2 Å². The maximum absolute atomic E-state index is 11.2. The Kier molecular flexibility index (Phi) is 3.19. The molecule has 4 amide bonds. The van der Waals surface area contributed by atoms with Crippen molar-refractivity contribution < 1.29 is 19.1 Å². The van der Waals surface area contributed by atoms with Crippen molar-refractivity contribution in [1.29, 1.82) is 0 Å². The van der Waals surface area contributed by atoms with Crippen molar-refractivity contribution >= 4 is 17.8 Å². The van der Waals surface area contributed by atoms with Crippen LogP contribution in [-0.2, 0) is 14.3 Å². The van der Waals surface area contributed by atoms with Gasteiger partial charge in [0.2, 0.25) is 0 Å². The molecule has 0 aromatic heterocycles. The molecule has 6 nitrogen and oxygen atoms in total. The van der Waals surface area contributed by atoms with Crippen LogP contribution >= 0.6 is 0 Å². The molecule has 1 aliphatic heterocycles. The lowest BCUT2D eigenvalue weighted by molar-refractivity contribution is -0.141. The molecule has 1 aliphatic rings. The van der Waals surface area contributed by atoms with Crippen molar-refractivity contribution in [3.63, 3.8) is 0 Å². The van der Waals surface area contributed by atoms with Crippen LogP contribution < -0.4 is 5.32 Å². The van der Waals surface area contributed by atoms with Crippen molar-refractivity contribution in [1.82, 2.24) is 10.2 Å². The summed E-state index contributed by atoms with van der Waals surface area (Å²) in [5, 5.41) is 1.92. The number of nitrogens with zero attached hydrogens (tertiary/aromatic N) is 1. The summed E-state index contributed by atoms with van der Waals surface area (Å²) < 4.78 is 5.05. The molecule has 1 atom stereocenters. The monoisotopic (exact) mass is 200 g/mol. The number of ether oxygens (including phenoxy) is 1. The van der Waals surface area contributed by atoms with Gasteiger partial charge in [0.1, 0.15) is 0 Å². The topological polar surface area (TPSA) is 75.7 Å². The Morgan fingerprint density at radius 1 is 1.43 bits per heavy atom. The maximum Gasteiger partial charge on any atom is 0.331 e. The fourth-order valence-corrected chi connectivity index (χ4v) is 1.18. The van der Waals surface area contributed by atoms with Gasteiger partial charge in [-0.1, -0.05) is 0 Å². The molecular weight excluding hydrogens is 188 g/mol. The largest absolute Gasteiger partial charge is 0.380 e. The summed E-state index contributed by atoms with van der Waals surface area (Å²) in [6.07, 6.45) is 0. The highest BCUT2D eigenvalue weighted by molar-refractivity contribution is 6.44. The van der Waals surface area contributed by atoms with Crippen LogP contribution in [0.4, 0.5) is 4.79 Å². The zero-order valence-corrected chi connectivity index (χ0v) is 8.07. The van der Waals surface area contributed by atoms with Gasteiger partial charge in [-0.2, -0.15) is 0 Å². The molecule has 78 valence electrons. The summed E-state index contributed by atoms with van der Waals surface area (Å²) in [7, 11) is 0. The van der Waals surface area contributed by atoms with Gasteiger partial charge < -0.3 is 4.74 Å². The van der Waals surface area contributed by atoms with Crippen LogP contribution in [0.1, 0.15) is 13.8 Å². The molecule has 0 aromatic carbocycles. The van der Waals surface area contributed by atoms with Gasteiger partial charge in [0.05, 0.1) is 12.6 Å². The van der Waals surface area contributed by atoms with Crippen molar-refractivity contribution in [2.75, 3.05) is 13.2 Å². The minimum atomic E-state index is -0.877. The molecule has 0 bridgehead atoms. The summed E-state index contributed by atoms with van der Waals surface area (Å²) in [5.74, 6) is -1.69. The van der Waals surface area contributed by atoms with Gasteiger partial charge in [0.15, 0.2) is 0 Å². The Morgan fingerprint density at radius 2 is 2.07 bits per heavy atom. The van der Waals surface area contributed by atoms with E-state index in [9.17, 15) is 14.4 Å². The second-order valence-corrected chi connectivity index (χ2v) is 2.94. The molecule has 6 heteroatoms. The lowest BCUT2D eigenvalue weighted by Crippen LogP contribution is -2.41. The molecule has 14 heavy (non-hydrogen) atoms. The zero-order valence-electron chi connectivity index (χ0n) is 8.07. The molecule has 0 spiro atoms. The molecule has 1 fully saturated rings. The van der Waals surface area contributed by atoms with E-state index < -0.39 is 23.9 Å². The van der Waals surface area contributed by atoms with E-state index in [-0.39, 0.29) is 6.61 Å². The number of carbonyl (C=O) groups excluding carboxylic acids is 3. The number of imide groups is 2. The Bertz CT molecular complexity index is 277. The minimum Gasteiger partial charge on any atom is -0.380 e. The molecule has 1 rings (SSSR count). The van der Waals surface area contributed by atoms with E-state index in [0.29, 0.717) is 6.61 Å². The Balaban J connectivity index is 2.62. The second-order valence-electron chi connectivity index (χ2n) is 2.94. The number of hydrogen-bond acceptors (Lipinski definition) is 4. The zero-order chi connectivity index (χ0) is 10.7. The SMILES string of the molecule is CCOCC(C)N1C(=O)NC(=O)C1=O. The van der Waals surface area contributed by atoms with Gasteiger partial charge in [-0.25, -0.2) is 4.79 Å². The third-order valence-corrected chi connectivity index (χ3v) is 1.86. The summed E-state index contributed by atoms with van der Waals surface area (Å²) in [4.78, 5) is 34.0. The molecule has 0 aliphatic carbocycles. The number of carbonyl (C=O) groups is 3. The van der Waals surface area contributed by atoms with Crippen molar-refractivity contribution in [2.45, 2.75) is 19.9 Å². The summed E-state index contributed by atoms with van der Waals surface area (Å²) >= 11 is 0. The van der Waals surface area contributed by atoms with Gasteiger partial charge in [-0.15, -0.1) is 0 Å². The van der Waals surface area contributed by atoms with Gasteiger partial charge in [-0.05, 0) is 13.8 Å². The van der Waals surface area contributed by atoms with Crippen molar-refractivity contribution in [3.05, 3.63) is 0 Å². The van der Waals surface area contributed by atoms with Gasteiger partial charge >= 0.3 is 17.8 Å². The Hall–Kier alpha value is -1.43. The first-order chi connectivity index (χ1) is 6.57. The average molecular weight is 200 g/mol. The number of nitrogens with one attached hydrogen (secondary N) is 1. The van der Waals surface area contributed by atoms with Gasteiger partial charge in [0.25, 0.3) is 0 Å². The third-order valence-electron chi connectivity index (χ3n) is 1.86. The van der Waals surface area contributed by atoms with Gasteiger partial charge in [-0.3, -0.25) is 19.8 Å². The van der Waals surface area contributed by atoms with E-state index in [4.69, 9.17) is 4.74 Å². The van der Waals surface area contributed by atoms with Crippen molar-refractivity contribution in [2.24, 2.45) is 0 Å². The number of rotatable bonds is 4.